The third-order valence-corrected chi connectivity index (χ3v) is 2.66. The number of amides is 1. The number of carbonyl (C=O) groups is 2. The number of carboxylic acids is 1. The summed E-state index contributed by atoms with van der Waals surface area (Å²) < 4.78 is 15.7. The lowest BCUT2D eigenvalue weighted by molar-refractivity contribution is -0.142. The van der Waals surface area contributed by atoms with E-state index in [1.807, 2.05) is 0 Å². The zero-order valence-corrected chi connectivity index (χ0v) is 12.2. The maximum atomic E-state index is 11.6. The third-order valence-electron chi connectivity index (χ3n) is 2.66. The summed E-state index contributed by atoms with van der Waals surface area (Å²) in [4.78, 5) is 22.7. The van der Waals surface area contributed by atoms with E-state index in [4.69, 9.17) is 19.3 Å². The van der Waals surface area contributed by atoms with E-state index in [2.05, 4.69) is 5.32 Å². The van der Waals surface area contributed by atoms with E-state index < -0.39 is 23.7 Å². The summed E-state index contributed by atoms with van der Waals surface area (Å²) >= 11 is 0. The largest absolute Gasteiger partial charge is 0.480 e. The summed E-state index contributed by atoms with van der Waals surface area (Å²) in [5, 5.41) is 11.4. The summed E-state index contributed by atoms with van der Waals surface area (Å²) in [6.07, 6.45) is 0.684. The molecule has 0 bridgehead atoms. The van der Waals surface area contributed by atoms with Crippen LogP contribution in [0.5, 0.6) is 0 Å². The van der Waals surface area contributed by atoms with Gasteiger partial charge in [0, 0.05) is 13.2 Å². The monoisotopic (exact) mass is 289 g/mol. The van der Waals surface area contributed by atoms with Crippen molar-refractivity contribution in [2.24, 2.45) is 0 Å². The topological polar surface area (TPSA) is 94.1 Å². The first-order valence-corrected chi connectivity index (χ1v) is 6.69. The third kappa shape index (κ3) is 6.72. The van der Waals surface area contributed by atoms with E-state index in [0.717, 1.165) is 12.8 Å². The zero-order chi connectivity index (χ0) is 15.2. The van der Waals surface area contributed by atoms with E-state index >= 15 is 0 Å². The highest BCUT2D eigenvalue weighted by molar-refractivity contribution is 5.80. The van der Waals surface area contributed by atoms with Crippen LogP contribution in [0.15, 0.2) is 0 Å². The lowest BCUT2D eigenvalue weighted by Gasteiger charge is -2.25. The number of carboxylic acid groups (broad SMARTS) is 1. The highest BCUT2D eigenvalue weighted by atomic mass is 16.6. The summed E-state index contributed by atoms with van der Waals surface area (Å²) in [6.45, 7) is 6.27. The molecule has 0 spiro atoms. The summed E-state index contributed by atoms with van der Waals surface area (Å²) in [5.41, 5.74) is -0.672. The summed E-state index contributed by atoms with van der Waals surface area (Å²) in [7, 11) is 0. The summed E-state index contributed by atoms with van der Waals surface area (Å²) in [5.74, 6) is -1.15. The predicted molar refractivity (Wildman–Crippen MR) is 70.6 cm³/mol. The van der Waals surface area contributed by atoms with Crippen LogP contribution in [0.4, 0.5) is 4.79 Å². The lowest BCUT2D eigenvalue weighted by atomic mass is 10.1. The van der Waals surface area contributed by atoms with Crippen molar-refractivity contribution in [2.45, 2.75) is 51.4 Å². The van der Waals surface area contributed by atoms with Gasteiger partial charge < -0.3 is 24.6 Å². The molecule has 116 valence electrons. The molecule has 2 N–H and O–H groups in total. The number of hydrogen-bond acceptors (Lipinski definition) is 5. The first-order chi connectivity index (χ1) is 9.28. The molecule has 0 aromatic heterocycles. The normalized spacial score (nSPS) is 18.4. The Morgan fingerprint density at radius 1 is 1.35 bits per heavy atom. The number of carbonyl (C=O) groups excluding carboxylic acids is 1. The SMILES string of the molecule is CC(C)(C)OC(=O)NC(COC1CCOCC1)C(=O)O. The van der Waals surface area contributed by atoms with Crippen LogP contribution in [0.3, 0.4) is 0 Å². The maximum absolute atomic E-state index is 11.6. The van der Waals surface area contributed by atoms with Crippen LogP contribution in [0.2, 0.25) is 0 Å². The van der Waals surface area contributed by atoms with Gasteiger partial charge in [-0.05, 0) is 33.6 Å². The molecule has 20 heavy (non-hydrogen) atoms. The smallest absolute Gasteiger partial charge is 0.408 e. The molecule has 1 heterocycles. The molecular formula is C13H23NO6. The van der Waals surface area contributed by atoms with Gasteiger partial charge in [0.25, 0.3) is 0 Å². The van der Waals surface area contributed by atoms with Crippen molar-refractivity contribution in [3.05, 3.63) is 0 Å². The van der Waals surface area contributed by atoms with Gasteiger partial charge in [-0.1, -0.05) is 0 Å². The van der Waals surface area contributed by atoms with Crippen LogP contribution in [-0.4, -0.2) is 54.7 Å². The Hall–Kier alpha value is -1.34. The highest BCUT2D eigenvalue weighted by Crippen LogP contribution is 2.11. The maximum Gasteiger partial charge on any atom is 0.408 e. The Morgan fingerprint density at radius 3 is 2.45 bits per heavy atom. The van der Waals surface area contributed by atoms with E-state index in [0.29, 0.717) is 13.2 Å². The number of aliphatic carboxylic acids is 1. The second-order valence-electron chi connectivity index (χ2n) is 5.68. The fraction of sp³-hybridized carbons (Fsp3) is 0.846. The van der Waals surface area contributed by atoms with Crippen molar-refractivity contribution in [3.8, 4) is 0 Å². The van der Waals surface area contributed by atoms with Crippen LogP contribution in [-0.2, 0) is 19.0 Å². The molecule has 1 rings (SSSR count). The van der Waals surface area contributed by atoms with Crippen LogP contribution >= 0.6 is 0 Å². The fourth-order valence-corrected chi connectivity index (χ4v) is 1.70. The van der Waals surface area contributed by atoms with Crippen LogP contribution in [0.1, 0.15) is 33.6 Å². The molecule has 7 nitrogen and oxygen atoms in total. The molecular weight excluding hydrogens is 266 g/mol. The molecule has 1 aliphatic heterocycles. The Bertz CT molecular complexity index is 332. The second kappa shape index (κ2) is 7.44. The predicted octanol–water partition coefficient (Wildman–Crippen LogP) is 1.16. The van der Waals surface area contributed by atoms with E-state index in [-0.39, 0.29) is 12.7 Å². The van der Waals surface area contributed by atoms with Crippen LogP contribution in [0, 0.1) is 0 Å². The van der Waals surface area contributed by atoms with Crippen LogP contribution in [0.25, 0.3) is 0 Å². The minimum absolute atomic E-state index is 0.0222. The molecule has 1 aliphatic rings. The average Bonchev–Trinajstić information content (AvgIpc) is 2.33. The molecule has 0 aliphatic carbocycles. The summed E-state index contributed by atoms with van der Waals surface area (Å²) in [6, 6.07) is -1.12. The van der Waals surface area contributed by atoms with Crippen molar-refractivity contribution < 1.29 is 28.9 Å². The highest BCUT2D eigenvalue weighted by Gasteiger charge is 2.25. The Balaban J connectivity index is 2.39. The molecule has 0 aromatic carbocycles. The Kier molecular flexibility index (Phi) is 6.22. The van der Waals surface area contributed by atoms with Gasteiger partial charge in [-0.3, -0.25) is 0 Å². The van der Waals surface area contributed by atoms with Crippen molar-refractivity contribution in [3.63, 3.8) is 0 Å². The van der Waals surface area contributed by atoms with Crippen molar-refractivity contribution in [1.29, 1.82) is 0 Å². The van der Waals surface area contributed by atoms with Crippen molar-refractivity contribution in [1.82, 2.24) is 5.32 Å². The molecule has 1 atom stereocenters. The van der Waals surface area contributed by atoms with E-state index in [1.54, 1.807) is 20.8 Å². The van der Waals surface area contributed by atoms with Gasteiger partial charge in [0.2, 0.25) is 0 Å². The Labute approximate surface area is 118 Å². The molecule has 7 heteroatoms. The molecule has 0 radical (unpaired) electrons. The number of hydrogen-bond donors (Lipinski definition) is 2. The molecule has 0 saturated carbocycles. The number of alkyl carbamates (subject to hydrolysis) is 1. The first-order valence-electron chi connectivity index (χ1n) is 6.69. The molecule has 1 amide bonds. The van der Waals surface area contributed by atoms with Gasteiger partial charge in [-0.2, -0.15) is 0 Å². The van der Waals surface area contributed by atoms with E-state index in [1.165, 1.54) is 0 Å². The van der Waals surface area contributed by atoms with Crippen molar-refractivity contribution in [2.75, 3.05) is 19.8 Å². The number of nitrogens with one attached hydrogen (secondary N) is 1. The Morgan fingerprint density at radius 2 is 1.95 bits per heavy atom. The fourth-order valence-electron chi connectivity index (χ4n) is 1.70. The van der Waals surface area contributed by atoms with Gasteiger partial charge in [-0.15, -0.1) is 0 Å². The van der Waals surface area contributed by atoms with Gasteiger partial charge in [0.15, 0.2) is 6.04 Å². The standard InChI is InChI=1S/C13H23NO6/c1-13(2,3)20-12(17)14-10(11(15)16)8-19-9-4-6-18-7-5-9/h9-10H,4-8H2,1-3H3,(H,14,17)(H,15,16). The minimum Gasteiger partial charge on any atom is -0.480 e. The minimum atomic E-state index is -1.15. The second-order valence-corrected chi connectivity index (χ2v) is 5.68. The molecule has 1 unspecified atom stereocenters. The number of rotatable bonds is 5. The van der Waals surface area contributed by atoms with Crippen LogP contribution < -0.4 is 5.32 Å². The van der Waals surface area contributed by atoms with Gasteiger partial charge >= 0.3 is 12.1 Å². The number of ether oxygens (including phenoxy) is 3. The van der Waals surface area contributed by atoms with E-state index in [9.17, 15) is 9.59 Å². The van der Waals surface area contributed by atoms with Gasteiger partial charge in [0.1, 0.15) is 5.60 Å². The van der Waals surface area contributed by atoms with Gasteiger partial charge in [0.05, 0.1) is 12.7 Å². The first kappa shape index (κ1) is 16.7. The molecule has 1 fully saturated rings. The quantitative estimate of drug-likeness (QED) is 0.788. The molecule has 0 aromatic rings. The zero-order valence-electron chi connectivity index (χ0n) is 12.2. The van der Waals surface area contributed by atoms with Crippen molar-refractivity contribution >= 4 is 12.1 Å². The average molecular weight is 289 g/mol. The molecule has 1 saturated heterocycles. The van der Waals surface area contributed by atoms with Gasteiger partial charge in [-0.25, -0.2) is 9.59 Å². The lowest BCUT2D eigenvalue weighted by Crippen LogP contribution is -2.46.